The predicted octanol–water partition coefficient (Wildman–Crippen LogP) is -0.0583. The van der Waals surface area contributed by atoms with Crippen LogP contribution in [0.15, 0.2) is 0 Å². The quantitative estimate of drug-likeness (QED) is 0.339. The maximum absolute atomic E-state index is 8.35. The van der Waals surface area contributed by atoms with Crippen molar-refractivity contribution < 1.29 is 9.59 Å². The Balaban J connectivity index is -0.0000000483. The van der Waals surface area contributed by atoms with Crippen molar-refractivity contribution in [2.45, 2.75) is 0 Å². The van der Waals surface area contributed by atoms with Gasteiger partial charge in [0.25, 0.3) is 0 Å². The van der Waals surface area contributed by atoms with Crippen LogP contribution in [0.25, 0.3) is 0 Å². The molecule has 0 aromatic heterocycles. The third kappa shape index (κ3) is 14.7. The molecule has 0 radical (unpaired) electrons. The number of nitriles is 1. The highest BCUT2D eigenvalue weighted by Gasteiger charge is 1.04. The normalized spacial score (nSPS) is 2.25. The average Bonchev–Trinajstić information content (AvgIpc) is 1.75. The van der Waals surface area contributed by atoms with Gasteiger partial charge in [0, 0.05) is 6.57 Å². The van der Waals surface area contributed by atoms with Crippen molar-refractivity contribution >= 4 is 12.2 Å². The van der Waals surface area contributed by atoms with E-state index in [0.29, 0.717) is 0 Å². The van der Waals surface area contributed by atoms with Crippen LogP contribution < -0.4 is 0 Å². The molecule has 0 saturated carbocycles. The van der Waals surface area contributed by atoms with E-state index < -0.39 is 0 Å². The summed E-state index contributed by atoms with van der Waals surface area (Å²) in [7, 11) is 0. The topological polar surface area (TPSA) is 106 Å². The average molecular weight is 113 g/mol. The van der Waals surface area contributed by atoms with E-state index in [1.807, 2.05) is 0 Å². The monoisotopic (exact) mass is 113 g/mol. The molecular weight excluding hydrogens is 110 g/mol. The summed E-state index contributed by atoms with van der Waals surface area (Å²) >= 11 is 0. The molecule has 0 heterocycles. The van der Waals surface area contributed by atoms with Crippen molar-refractivity contribution in [2.24, 2.45) is 0 Å². The van der Waals surface area contributed by atoms with Gasteiger partial charge in [-0.05, 0) is 0 Å². The largest absolute Gasteiger partial charge is 0.231 e. The number of isocyanates is 2. The first-order valence-electron chi connectivity index (χ1n) is 1.17. The van der Waals surface area contributed by atoms with Crippen molar-refractivity contribution in [1.82, 2.24) is 0 Å². The van der Waals surface area contributed by atoms with Gasteiger partial charge < -0.3 is 0 Å². The molecule has 2 N–H and O–H groups in total. The second-order valence-electron chi connectivity index (χ2n) is 0.204. The van der Waals surface area contributed by atoms with Crippen LogP contribution in [0.5, 0.6) is 0 Å². The van der Waals surface area contributed by atoms with Gasteiger partial charge in [-0.1, -0.05) is 0 Å². The lowest BCUT2D eigenvalue weighted by Gasteiger charge is -1.02. The fourth-order valence-corrected chi connectivity index (χ4v) is 0. The second-order valence-corrected chi connectivity index (χ2v) is 0.204. The van der Waals surface area contributed by atoms with Gasteiger partial charge in [-0.3, -0.25) is 0 Å². The maximum Gasteiger partial charge on any atom is 0.231 e. The highest BCUT2D eigenvalue weighted by molar-refractivity contribution is 5.26. The molecule has 0 aliphatic rings. The number of carbonyl (C=O) groups excluding carboxylic acids is 2. The van der Waals surface area contributed by atoms with E-state index in [9.17, 15) is 0 Å². The Kier molecular flexibility index (Phi) is 3090. The molecule has 5 heteroatoms. The lowest BCUT2D eigenvalue weighted by molar-refractivity contribution is 0.562. The molecule has 0 bridgehead atoms. The number of nitrogens with zero attached hydrogens (tertiary/aromatic N) is 1. The van der Waals surface area contributed by atoms with Crippen LogP contribution in [0.2, 0.25) is 0 Å². The molecule has 0 fully saturated rings. The Labute approximate surface area is 45.6 Å². The number of nitrogens with one attached hydrogen (secondary N) is 2. The first-order chi connectivity index (χ1) is 3.83. The molecule has 0 aliphatic carbocycles. The molecule has 42 valence electrons. The van der Waals surface area contributed by atoms with Crippen molar-refractivity contribution in [1.29, 1.82) is 16.1 Å². The van der Waals surface area contributed by atoms with Gasteiger partial charge in [-0.25, -0.2) is 25.7 Å². The lowest BCUT2D eigenvalue weighted by atomic mass is 11.7. The summed E-state index contributed by atoms with van der Waals surface area (Å²) in [6, 6.07) is 0. The molecule has 0 saturated heterocycles. The van der Waals surface area contributed by atoms with Gasteiger partial charge in [-0.15, -0.1) is 0 Å². The predicted molar refractivity (Wildman–Crippen MR) is 23.5 cm³/mol. The fourth-order valence-electron chi connectivity index (χ4n) is 0. The SMILES string of the molecule is C#N.N=C=O.N=C=O. The smallest absolute Gasteiger partial charge is 0.222 e. The Morgan fingerprint density at radius 3 is 1.12 bits per heavy atom. The van der Waals surface area contributed by atoms with Crippen molar-refractivity contribution in [3.63, 3.8) is 0 Å². The summed E-state index contributed by atoms with van der Waals surface area (Å²) in [5.74, 6) is 0. The molecule has 0 amide bonds. The van der Waals surface area contributed by atoms with E-state index >= 15 is 0 Å². The molecule has 0 aromatic rings. The number of hydrogen-bond donors (Lipinski definition) is 2. The summed E-state index contributed by atoms with van der Waals surface area (Å²) in [5.41, 5.74) is 0. The van der Waals surface area contributed by atoms with Crippen LogP contribution in [0.4, 0.5) is 0 Å². The Morgan fingerprint density at radius 1 is 1.12 bits per heavy atom. The minimum absolute atomic E-state index is 0.750. The summed E-state index contributed by atoms with van der Waals surface area (Å²) < 4.78 is 0. The Hall–Kier alpha value is -1.75. The summed E-state index contributed by atoms with van der Waals surface area (Å²) in [6.45, 7) is 3.50. The minimum atomic E-state index is 0.750. The van der Waals surface area contributed by atoms with Crippen LogP contribution in [0, 0.1) is 22.7 Å². The van der Waals surface area contributed by atoms with Crippen LogP contribution in [0.1, 0.15) is 0 Å². The van der Waals surface area contributed by atoms with E-state index in [2.05, 4.69) is 6.57 Å². The summed E-state index contributed by atoms with van der Waals surface area (Å²) in [4.78, 5) is 16.7. The standard InChI is InChI=1S/2CHNO.CHN/c2*2-1-3;1-2/h2*2H;1H. The zero-order valence-corrected chi connectivity index (χ0v) is 3.84. The lowest BCUT2D eigenvalue weighted by Crippen LogP contribution is -1.16. The Morgan fingerprint density at radius 2 is 1.12 bits per heavy atom. The molecule has 8 heavy (non-hydrogen) atoms. The van der Waals surface area contributed by atoms with Crippen LogP contribution in [-0.2, 0) is 9.59 Å². The molecule has 0 spiro atoms. The van der Waals surface area contributed by atoms with E-state index in [-0.39, 0.29) is 0 Å². The molecule has 0 atom stereocenters. The molecule has 0 aromatic carbocycles. The number of hydrogen-bond acceptors (Lipinski definition) is 5. The zero-order valence-electron chi connectivity index (χ0n) is 3.84. The third-order valence-electron chi connectivity index (χ3n) is 0. The van der Waals surface area contributed by atoms with Crippen molar-refractivity contribution in [2.75, 3.05) is 0 Å². The minimum Gasteiger partial charge on any atom is -0.222 e. The van der Waals surface area contributed by atoms with Gasteiger partial charge in [0.2, 0.25) is 12.2 Å². The van der Waals surface area contributed by atoms with Gasteiger partial charge in [-0.2, -0.15) is 0 Å². The van der Waals surface area contributed by atoms with Gasteiger partial charge in [0.1, 0.15) is 0 Å². The van der Waals surface area contributed by atoms with Gasteiger partial charge in [0.15, 0.2) is 0 Å². The highest BCUT2D eigenvalue weighted by Crippen LogP contribution is 0.871. The maximum atomic E-state index is 8.35. The highest BCUT2D eigenvalue weighted by atomic mass is 16.1. The molecule has 0 aliphatic heterocycles. The van der Waals surface area contributed by atoms with Crippen LogP contribution in [0.3, 0.4) is 0 Å². The molecule has 0 unspecified atom stereocenters. The first-order valence-corrected chi connectivity index (χ1v) is 1.17. The number of rotatable bonds is 0. The molecule has 5 nitrogen and oxygen atoms in total. The Bertz CT molecular complexity index is 92.9. The van der Waals surface area contributed by atoms with E-state index in [1.54, 1.807) is 0 Å². The summed E-state index contributed by atoms with van der Waals surface area (Å²) in [5, 5.41) is 17.3. The van der Waals surface area contributed by atoms with Crippen LogP contribution in [-0.4, -0.2) is 12.2 Å². The zero-order chi connectivity index (χ0) is 7.41. The third-order valence-corrected chi connectivity index (χ3v) is 0. The van der Waals surface area contributed by atoms with Gasteiger partial charge in [0.05, 0.1) is 0 Å². The molecule has 0 rings (SSSR count). The molecular formula is C3H3N3O2. The van der Waals surface area contributed by atoms with Gasteiger partial charge >= 0.3 is 0 Å². The van der Waals surface area contributed by atoms with E-state index in [0.717, 1.165) is 12.2 Å². The second kappa shape index (κ2) is 1520. The summed E-state index contributed by atoms with van der Waals surface area (Å²) in [6.07, 6.45) is 1.50. The van der Waals surface area contributed by atoms with Crippen LogP contribution >= 0.6 is 0 Å². The van der Waals surface area contributed by atoms with E-state index in [4.69, 9.17) is 25.7 Å². The fraction of sp³-hybridized carbons (Fsp3) is 0. The van der Waals surface area contributed by atoms with Crippen molar-refractivity contribution in [3.8, 4) is 6.57 Å². The van der Waals surface area contributed by atoms with Crippen molar-refractivity contribution in [3.05, 3.63) is 0 Å². The first kappa shape index (κ1) is 16.3. The van der Waals surface area contributed by atoms with E-state index in [1.165, 1.54) is 0 Å².